The Kier molecular flexibility index (Phi) is 4.99. The van der Waals surface area contributed by atoms with Crippen LogP contribution in [0.5, 0.6) is 0 Å². The Labute approximate surface area is 142 Å². The van der Waals surface area contributed by atoms with Gasteiger partial charge in [-0.3, -0.25) is 9.59 Å². The molecule has 0 fully saturated rings. The lowest BCUT2D eigenvalue weighted by atomic mass is 9.82. The van der Waals surface area contributed by atoms with Crippen molar-refractivity contribution in [1.82, 2.24) is 15.2 Å². The van der Waals surface area contributed by atoms with Crippen LogP contribution < -0.4 is 10.6 Å². The number of carbonyl (C=O) groups is 2. The summed E-state index contributed by atoms with van der Waals surface area (Å²) in [4.78, 5) is 24.5. The van der Waals surface area contributed by atoms with E-state index in [1.54, 1.807) is 10.6 Å². The van der Waals surface area contributed by atoms with Crippen molar-refractivity contribution < 1.29 is 9.59 Å². The molecule has 1 unspecified atom stereocenters. The average molecular weight is 325 g/mol. The van der Waals surface area contributed by atoms with Crippen LogP contribution in [-0.4, -0.2) is 29.5 Å². The van der Waals surface area contributed by atoms with Gasteiger partial charge in [0.2, 0.25) is 5.91 Å². The van der Waals surface area contributed by atoms with E-state index in [9.17, 15) is 9.59 Å². The van der Waals surface area contributed by atoms with E-state index in [2.05, 4.69) is 22.8 Å². The van der Waals surface area contributed by atoms with Crippen LogP contribution in [0.2, 0.25) is 0 Å². The second-order valence-electron chi connectivity index (χ2n) is 6.19. The number of hydrogen-bond donors (Lipinski definition) is 2. The maximum absolute atomic E-state index is 12.5. The second kappa shape index (κ2) is 7.34. The number of carbonyl (C=O) groups excluding carboxylic acids is 2. The third-order valence-electron chi connectivity index (χ3n) is 4.57. The van der Waals surface area contributed by atoms with Gasteiger partial charge >= 0.3 is 0 Å². The Bertz CT molecular complexity index is 736. The standard InChI is InChI=1S/C19H23N3O2/c1-22-13-5-10-17(22)19(24)21-12-11-20-18(23)16-9-4-7-14-6-2-3-8-15(14)16/h2-3,5-6,8,10,13,16H,4,7,9,11-12H2,1H3,(H,20,23)(H,21,24). The summed E-state index contributed by atoms with van der Waals surface area (Å²) in [5.74, 6) is -0.145. The molecule has 1 atom stereocenters. The van der Waals surface area contributed by atoms with Crippen LogP contribution in [0, 0.1) is 0 Å². The Morgan fingerprint density at radius 3 is 2.71 bits per heavy atom. The molecule has 1 heterocycles. The lowest BCUT2D eigenvalue weighted by Crippen LogP contribution is -2.38. The van der Waals surface area contributed by atoms with Gasteiger partial charge in [0.05, 0.1) is 5.92 Å². The quantitative estimate of drug-likeness (QED) is 0.826. The van der Waals surface area contributed by atoms with Crippen LogP contribution in [0.1, 0.15) is 40.4 Å². The van der Waals surface area contributed by atoms with Gasteiger partial charge in [-0.15, -0.1) is 0 Å². The third kappa shape index (κ3) is 3.50. The van der Waals surface area contributed by atoms with Gasteiger partial charge in [0.15, 0.2) is 0 Å². The molecule has 1 aliphatic carbocycles. The number of nitrogens with zero attached hydrogens (tertiary/aromatic N) is 1. The zero-order chi connectivity index (χ0) is 16.9. The summed E-state index contributed by atoms with van der Waals surface area (Å²) in [6.45, 7) is 0.859. The number of benzene rings is 1. The van der Waals surface area contributed by atoms with Crippen LogP contribution in [0.4, 0.5) is 0 Å². The molecule has 2 aromatic rings. The van der Waals surface area contributed by atoms with Crippen LogP contribution in [0.15, 0.2) is 42.6 Å². The fourth-order valence-electron chi connectivity index (χ4n) is 3.30. The van der Waals surface area contributed by atoms with Gasteiger partial charge in [0.1, 0.15) is 5.69 Å². The molecule has 0 aliphatic heterocycles. The highest BCUT2D eigenvalue weighted by atomic mass is 16.2. The number of hydrogen-bond acceptors (Lipinski definition) is 2. The molecule has 2 amide bonds. The summed E-state index contributed by atoms with van der Waals surface area (Å²) in [5, 5.41) is 5.78. The molecule has 24 heavy (non-hydrogen) atoms. The van der Waals surface area contributed by atoms with Gasteiger partial charge < -0.3 is 15.2 Å². The van der Waals surface area contributed by atoms with E-state index in [0.29, 0.717) is 18.8 Å². The number of nitrogens with one attached hydrogen (secondary N) is 2. The third-order valence-corrected chi connectivity index (χ3v) is 4.57. The van der Waals surface area contributed by atoms with E-state index in [-0.39, 0.29) is 17.7 Å². The smallest absolute Gasteiger partial charge is 0.267 e. The average Bonchev–Trinajstić information content (AvgIpc) is 3.04. The zero-order valence-electron chi connectivity index (χ0n) is 13.9. The molecular weight excluding hydrogens is 302 g/mol. The topological polar surface area (TPSA) is 63.1 Å². The maximum atomic E-state index is 12.5. The summed E-state index contributed by atoms with van der Waals surface area (Å²) in [6, 6.07) is 11.8. The van der Waals surface area contributed by atoms with E-state index < -0.39 is 0 Å². The van der Waals surface area contributed by atoms with E-state index in [4.69, 9.17) is 0 Å². The summed E-state index contributed by atoms with van der Waals surface area (Å²) in [6.07, 6.45) is 4.81. The van der Waals surface area contributed by atoms with Gasteiger partial charge in [0.25, 0.3) is 5.91 Å². The number of fused-ring (bicyclic) bond motifs is 1. The molecule has 0 saturated heterocycles. The van der Waals surface area contributed by atoms with Crippen molar-refractivity contribution in [3.8, 4) is 0 Å². The largest absolute Gasteiger partial charge is 0.354 e. The van der Waals surface area contributed by atoms with Crippen molar-refractivity contribution in [2.75, 3.05) is 13.1 Å². The zero-order valence-corrected chi connectivity index (χ0v) is 13.9. The molecule has 5 heteroatoms. The summed E-state index contributed by atoms with van der Waals surface area (Å²) in [7, 11) is 1.83. The van der Waals surface area contributed by atoms with Crippen LogP contribution >= 0.6 is 0 Å². The molecule has 2 N–H and O–H groups in total. The Morgan fingerprint density at radius 2 is 1.92 bits per heavy atom. The van der Waals surface area contributed by atoms with Crippen LogP contribution in [0.3, 0.4) is 0 Å². The molecule has 126 valence electrons. The highest BCUT2D eigenvalue weighted by Gasteiger charge is 2.25. The van der Waals surface area contributed by atoms with E-state index >= 15 is 0 Å². The van der Waals surface area contributed by atoms with Gasteiger partial charge in [-0.2, -0.15) is 0 Å². The number of rotatable bonds is 5. The fourth-order valence-corrected chi connectivity index (χ4v) is 3.30. The minimum atomic E-state index is -0.125. The van der Waals surface area contributed by atoms with Gasteiger partial charge in [0, 0.05) is 26.3 Å². The first-order valence-corrected chi connectivity index (χ1v) is 8.42. The van der Waals surface area contributed by atoms with Crippen molar-refractivity contribution in [1.29, 1.82) is 0 Å². The molecular formula is C19H23N3O2. The highest BCUT2D eigenvalue weighted by molar-refractivity contribution is 5.92. The van der Waals surface area contributed by atoms with Crippen molar-refractivity contribution >= 4 is 11.8 Å². The van der Waals surface area contributed by atoms with Gasteiger partial charge in [-0.1, -0.05) is 24.3 Å². The fraction of sp³-hybridized carbons (Fsp3) is 0.368. The molecule has 0 saturated carbocycles. The summed E-state index contributed by atoms with van der Waals surface area (Å²) < 4.78 is 1.77. The van der Waals surface area contributed by atoms with Crippen LogP contribution in [-0.2, 0) is 18.3 Å². The molecule has 1 aromatic carbocycles. The molecule has 5 nitrogen and oxygen atoms in total. The van der Waals surface area contributed by atoms with Crippen molar-refractivity contribution in [2.45, 2.75) is 25.2 Å². The molecule has 0 spiro atoms. The number of amides is 2. The van der Waals surface area contributed by atoms with E-state index in [1.165, 1.54) is 5.56 Å². The molecule has 0 bridgehead atoms. The van der Waals surface area contributed by atoms with Crippen LogP contribution in [0.25, 0.3) is 0 Å². The molecule has 3 rings (SSSR count). The molecule has 0 radical (unpaired) electrons. The summed E-state index contributed by atoms with van der Waals surface area (Å²) >= 11 is 0. The van der Waals surface area contributed by atoms with E-state index in [0.717, 1.165) is 24.8 Å². The minimum absolute atomic E-state index is 0.0512. The predicted molar refractivity (Wildman–Crippen MR) is 92.9 cm³/mol. The van der Waals surface area contributed by atoms with Gasteiger partial charge in [-0.05, 0) is 42.5 Å². The first-order chi connectivity index (χ1) is 11.7. The summed E-state index contributed by atoms with van der Waals surface area (Å²) in [5.41, 5.74) is 3.04. The second-order valence-corrected chi connectivity index (χ2v) is 6.19. The normalized spacial score (nSPS) is 16.3. The maximum Gasteiger partial charge on any atom is 0.267 e. The first kappa shape index (κ1) is 16.3. The molecule has 1 aromatic heterocycles. The van der Waals surface area contributed by atoms with Gasteiger partial charge in [-0.25, -0.2) is 0 Å². The Morgan fingerprint density at radius 1 is 1.12 bits per heavy atom. The van der Waals surface area contributed by atoms with E-state index in [1.807, 2.05) is 31.4 Å². The molecule has 1 aliphatic rings. The lowest BCUT2D eigenvalue weighted by molar-refractivity contribution is -0.122. The SMILES string of the molecule is Cn1cccc1C(=O)NCCNC(=O)C1CCCc2ccccc21. The predicted octanol–water partition coefficient (Wildman–Crippen LogP) is 1.99. The Balaban J connectivity index is 1.48. The lowest BCUT2D eigenvalue weighted by Gasteiger charge is -2.24. The van der Waals surface area contributed by atoms with Crippen molar-refractivity contribution in [2.24, 2.45) is 7.05 Å². The number of aromatic nitrogens is 1. The Hall–Kier alpha value is -2.56. The van der Waals surface area contributed by atoms with Crippen molar-refractivity contribution in [3.63, 3.8) is 0 Å². The van der Waals surface area contributed by atoms with Crippen molar-refractivity contribution in [3.05, 3.63) is 59.4 Å². The number of aryl methyl sites for hydroxylation is 2. The monoisotopic (exact) mass is 325 g/mol. The highest BCUT2D eigenvalue weighted by Crippen LogP contribution is 2.31. The minimum Gasteiger partial charge on any atom is -0.354 e. The first-order valence-electron chi connectivity index (χ1n) is 8.42.